The molecule has 0 radical (unpaired) electrons. The van der Waals surface area contributed by atoms with Gasteiger partial charge in [0.2, 0.25) is 0 Å². The van der Waals surface area contributed by atoms with Crippen LogP contribution < -0.4 is 5.32 Å². The smallest absolute Gasteiger partial charge is 0.412 e. The van der Waals surface area contributed by atoms with Gasteiger partial charge >= 0.3 is 12.1 Å². The molecule has 0 atom stereocenters. The van der Waals surface area contributed by atoms with E-state index < -0.39 is 17.7 Å². The molecule has 0 aromatic heterocycles. The summed E-state index contributed by atoms with van der Waals surface area (Å²) in [5.41, 5.74) is 0.199. The lowest BCUT2D eigenvalue weighted by Crippen LogP contribution is -2.27. The summed E-state index contributed by atoms with van der Waals surface area (Å²) in [6.45, 7) is 5.31. The Morgan fingerprint density at radius 3 is 2.42 bits per heavy atom. The summed E-state index contributed by atoms with van der Waals surface area (Å²) in [7, 11) is 1.30. The van der Waals surface area contributed by atoms with Crippen LogP contribution in [-0.2, 0) is 9.47 Å². The van der Waals surface area contributed by atoms with Crippen molar-refractivity contribution in [1.82, 2.24) is 0 Å². The number of methoxy groups -OCH3 is 1. The van der Waals surface area contributed by atoms with E-state index in [-0.39, 0.29) is 0 Å². The lowest BCUT2D eigenvalue weighted by molar-refractivity contribution is 0.0596. The first-order chi connectivity index (χ1) is 8.73. The average Bonchev–Trinajstić information content (AvgIpc) is 2.28. The average molecular weight is 330 g/mol. The number of anilines is 1. The molecule has 0 fully saturated rings. The third-order valence-corrected chi connectivity index (χ3v) is 2.71. The highest BCUT2D eigenvalue weighted by atomic mass is 79.9. The van der Waals surface area contributed by atoms with Crippen molar-refractivity contribution in [2.45, 2.75) is 26.4 Å². The largest absolute Gasteiger partial charge is 0.465 e. The van der Waals surface area contributed by atoms with Gasteiger partial charge in [-0.05, 0) is 54.9 Å². The highest BCUT2D eigenvalue weighted by Gasteiger charge is 2.17. The van der Waals surface area contributed by atoms with Gasteiger partial charge in [-0.3, -0.25) is 5.32 Å². The second-order valence-electron chi connectivity index (χ2n) is 4.81. The van der Waals surface area contributed by atoms with Crippen LogP contribution in [0.5, 0.6) is 0 Å². The maximum atomic E-state index is 11.7. The number of rotatable bonds is 2. The van der Waals surface area contributed by atoms with Crippen LogP contribution in [0.15, 0.2) is 22.7 Å². The standard InChI is InChI=1S/C13H16BrNO4/c1-13(2,3)19-12(17)15-10-7-8(11(16)18-4)5-6-9(10)14/h5-7H,1-4H3,(H,15,17). The third-order valence-electron chi connectivity index (χ3n) is 2.02. The lowest BCUT2D eigenvalue weighted by atomic mass is 10.2. The number of amides is 1. The van der Waals surface area contributed by atoms with Crippen molar-refractivity contribution < 1.29 is 19.1 Å². The number of halogens is 1. The molecule has 1 N–H and O–H groups in total. The summed E-state index contributed by atoms with van der Waals surface area (Å²) >= 11 is 3.29. The summed E-state index contributed by atoms with van der Waals surface area (Å²) in [5, 5.41) is 2.57. The Morgan fingerprint density at radius 2 is 1.89 bits per heavy atom. The molecule has 0 aliphatic heterocycles. The Kier molecular flexibility index (Phi) is 4.94. The van der Waals surface area contributed by atoms with Crippen LogP contribution in [0.1, 0.15) is 31.1 Å². The van der Waals surface area contributed by atoms with Gasteiger partial charge in [-0.15, -0.1) is 0 Å². The number of hydrogen-bond donors (Lipinski definition) is 1. The third kappa shape index (κ3) is 4.90. The number of carbonyl (C=O) groups is 2. The van der Waals surface area contributed by atoms with Crippen LogP contribution in [0, 0.1) is 0 Å². The van der Waals surface area contributed by atoms with Gasteiger partial charge < -0.3 is 9.47 Å². The first kappa shape index (κ1) is 15.5. The SMILES string of the molecule is COC(=O)c1ccc(Br)c(NC(=O)OC(C)(C)C)c1. The summed E-state index contributed by atoms with van der Waals surface area (Å²) in [6.07, 6.45) is -0.588. The van der Waals surface area contributed by atoms with Gasteiger partial charge in [0.1, 0.15) is 5.60 Å². The monoisotopic (exact) mass is 329 g/mol. The number of carbonyl (C=O) groups excluding carboxylic acids is 2. The van der Waals surface area contributed by atoms with Gasteiger partial charge in [-0.25, -0.2) is 9.59 Å². The Morgan fingerprint density at radius 1 is 1.26 bits per heavy atom. The van der Waals surface area contributed by atoms with Crippen molar-refractivity contribution in [3.63, 3.8) is 0 Å². The second kappa shape index (κ2) is 6.06. The van der Waals surface area contributed by atoms with Crippen molar-refractivity contribution in [3.8, 4) is 0 Å². The maximum Gasteiger partial charge on any atom is 0.412 e. The van der Waals surface area contributed by atoms with Crippen LogP contribution in [0.3, 0.4) is 0 Å². The molecule has 0 unspecified atom stereocenters. The fourth-order valence-electron chi connectivity index (χ4n) is 1.28. The molecule has 1 rings (SSSR count). The summed E-state index contributed by atoms with van der Waals surface area (Å²) < 4.78 is 10.4. The van der Waals surface area contributed by atoms with E-state index in [4.69, 9.17) is 4.74 Å². The van der Waals surface area contributed by atoms with Gasteiger partial charge in [0.05, 0.1) is 18.4 Å². The highest BCUT2D eigenvalue weighted by Crippen LogP contribution is 2.24. The van der Waals surface area contributed by atoms with E-state index in [9.17, 15) is 9.59 Å². The summed E-state index contributed by atoms with van der Waals surface area (Å²) in [4.78, 5) is 23.1. The van der Waals surface area contributed by atoms with E-state index in [0.717, 1.165) is 0 Å². The van der Waals surface area contributed by atoms with Crippen LogP contribution in [0.25, 0.3) is 0 Å². The van der Waals surface area contributed by atoms with Crippen molar-refractivity contribution in [1.29, 1.82) is 0 Å². The topological polar surface area (TPSA) is 64.6 Å². The number of hydrogen-bond acceptors (Lipinski definition) is 4. The molecule has 0 aliphatic rings. The maximum absolute atomic E-state index is 11.7. The molecule has 5 nitrogen and oxygen atoms in total. The van der Waals surface area contributed by atoms with E-state index in [2.05, 4.69) is 26.0 Å². The number of ether oxygens (including phenoxy) is 2. The molecule has 1 amide bonds. The number of nitrogens with one attached hydrogen (secondary N) is 1. The van der Waals surface area contributed by atoms with E-state index in [0.29, 0.717) is 15.7 Å². The highest BCUT2D eigenvalue weighted by molar-refractivity contribution is 9.10. The normalized spacial score (nSPS) is 10.8. The fourth-order valence-corrected chi connectivity index (χ4v) is 1.63. The molecule has 0 saturated heterocycles. The Hall–Kier alpha value is -1.56. The van der Waals surface area contributed by atoms with Crippen LogP contribution in [0.2, 0.25) is 0 Å². The zero-order valence-corrected chi connectivity index (χ0v) is 12.8. The van der Waals surface area contributed by atoms with Crippen LogP contribution >= 0.6 is 15.9 Å². The second-order valence-corrected chi connectivity index (χ2v) is 5.67. The summed E-state index contributed by atoms with van der Waals surface area (Å²) in [5.74, 6) is -0.472. The van der Waals surface area contributed by atoms with Crippen LogP contribution in [0.4, 0.5) is 10.5 Å². The Balaban J connectivity index is 2.88. The van der Waals surface area contributed by atoms with Gasteiger partial charge in [0.25, 0.3) is 0 Å². The minimum Gasteiger partial charge on any atom is -0.465 e. The van der Waals surface area contributed by atoms with Gasteiger partial charge in [0.15, 0.2) is 0 Å². The van der Waals surface area contributed by atoms with E-state index in [1.807, 2.05) is 0 Å². The molecule has 1 aromatic rings. The number of benzene rings is 1. The van der Waals surface area contributed by atoms with Crippen LogP contribution in [-0.4, -0.2) is 24.8 Å². The van der Waals surface area contributed by atoms with E-state index in [1.165, 1.54) is 13.2 Å². The zero-order valence-electron chi connectivity index (χ0n) is 11.2. The molecule has 0 bridgehead atoms. The first-order valence-corrected chi connectivity index (χ1v) is 6.40. The molecule has 0 spiro atoms. The minimum atomic E-state index is -0.588. The number of esters is 1. The quantitative estimate of drug-likeness (QED) is 0.842. The minimum absolute atomic E-state index is 0.344. The van der Waals surface area contributed by atoms with Crippen molar-refractivity contribution >= 4 is 33.7 Å². The predicted octanol–water partition coefficient (Wildman–Crippen LogP) is 3.58. The molecule has 0 aliphatic carbocycles. The lowest BCUT2D eigenvalue weighted by Gasteiger charge is -2.20. The van der Waals surface area contributed by atoms with Gasteiger partial charge in [-0.1, -0.05) is 0 Å². The zero-order chi connectivity index (χ0) is 14.6. The van der Waals surface area contributed by atoms with Gasteiger partial charge in [0, 0.05) is 4.47 Å². The summed E-state index contributed by atoms with van der Waals surface area (Å²) in [6, 6.07) is 4.76. The molecular weight excluding hydrogens is 314 g/mol. The van der Waals surface area contributed by atoms with Crippen molar-refractivity contribution in [3.05, 3.63) is 28.2 Å². The molecule has 104 valence electrons. The van der Waals surface area contributed by atoms with Gasteiger partial charge in [-0.2, -0.15) is 0 Å². The predicted molar refractivity (Wildman–Crippen MR) is 75.3 cm³/mol. The molecule has 19 heavy (non-hydrogen) atoms. The molecule has 0 heterocycles. The Bertz CT molecular complexity index is 494. The Labute approximate surface area is 120 Å². The first-order valence-electron chi connectivity index (χ1n) is 5.61. The van der Waals surface area contributed by atoms with Crippen molar-refractivity contribution in [2.24, 2.45) is 0 Å². The van der Waals surface area contributed by atoms with E-state index >= 15 is 0 Å². The molecule has 6 heteroatoms. The van der Waals surface area contributed by atoms with Crippen molar-refractivity contribution in [2.75, 3.05) is 12.4 Å². The fraction of sp³-hybridized carbons (Fsp3) is 0.385. The molecule has 1 aromatic carbocycles. The molecular formula is C13H16BrNO4. The molecule has 0 saturated carbocycles. The van der Waals surface area contributed by atoms with E-state index in [1.54, 1.807) is 32.9 Å².